The van der Waals surface area contributed by atoms with Gasteiger partial charge in [0, 0.05) is 35.3 Å². The zero-order chi connectivity index (χ0) is 28.9. The third kappa shape index (κ3) is 6.86. The smallest absolute Gasteiger partial charge is 0.299 e. The van der Waals surface area contributed by atoms with Crippen molar-refractivity contribution >= 4 is 27.3 Å². The second kappa shape index (κ2) is 12.6. The summed E-state index contributed by atoms with van der Waals surface area (Å²) in [6, 6.07) is 16.0. The van der Waals surface area contributed by atoms with E-state index in [0.29, 0.717) is 27.6 Å². The number of halogens is 3. The maximum Gasteiger partial charge on any atom is 0.299 e. The second-order valence-electron chi connectivity index (χ2n) is 8.49. The number of aromatic nitrogens is 3. The Bertz CT molecular complexity index is 1590. The Morgan fingerprint density at radius 3 is 2.50 bits per heavy atom. The lowest BCUT2D eigenvalue weighted by Gasteiger charge is -2.18. The number of alkyl halides is 2. The molecule has 3 aromatic carbocycles. The predicted octanol–water partition coefficient (Wildman–Crippen LogP) is 4.33. The number of hydrogen-bond acceptors (Lipinski definition) is 8. The molecule has 1 unspecified atom stereocenters. The van der Waals surface area contributed by atoms with E-state index in [9.17, 15) is 22.3 Å². The van der Waals surface area contributed by atoms with Crippen LogP contribution in [0.5, 0.6) is 11.5 Å². The van der Waals surface area contributed by atoms with E-state index in [1.165, 1.54) is 32.4 Å². The first kappa shape index (κ1) is 29.2. The first-order valence-electron chi connectivity index (χ1n) is 11.8. The summed E-state index contributed by atoms with van der Waals surface area (Å²) in [4.78, 5) is 3.27. The molecule has 1 atom stereocenters. The number of ether oxygens (including phenoxy) is 2. The van der Waals surface area contributed by atoms with Crippen LogP contribution in [0.15, 0.2) is 71.9 Å². The summed E-state index contributed by atoms with van der Waals surface area (Å²) in [6.07, 6.45) is -2.92. The third-order valence-electron chi connectivity index (χ3n) is 5.85. The van der Waals surface area contributed by atoms with Gasteiger partial charge in [0.05, 0.1) is 19.9 Å². The Morgan fingerprint density at radius 2 is 1.82 bits per heavy atom. The molecule has 0 radical (unpaired) electrons. The monoisotopic (exact) mass is 593 g/mol. The quantitative estimate of drug-likeness (QED) is 0.207. The number of nitrogens with one attached hydrogen (secondary N) is 2. The summed E-state index contributed by atoms with van der Waals surface area (Å²) in [5.41, 5.74) is 1.43. The number of anilines is 1. The maximum absolute atomic E-state index is 13.5. The lowest BCUT2D eigenvalue weighted by Crippen LogP contribution is -2.26. The van der Waals surface area contributed by atoms with Gasteiger partial charge in [0.25, 0.3) is 6.43 Å². The van der Waals surface area contributed by atoms with Crippen molar-refractivity contribution in [1.29, 1.82) is 0 Å². The summed E-state index contributed by atoms with van der Waals surface area (Å²) in [5, 5.41) is 17.6. The fraction of sp³-hybridized carbons (Fsp3) is 0.231. The number of benzene rings is 3. The van der Waals surface area contributed by atoms with Crippen LogP contribution in [0.2, 0.25) is 5.02 Å². The van der Waals surface area contributed by atoms with Crippen molar-refractivity contribution in [1.82, 2.24) is 19.5 Å². The number of methoxy groups -OCH3 is 2. The molecule has 0 saturated carbocycles. The molecule has 0 amide bonds. The topological polar surface area (TPSA) is 128 Å². The lowest BCUT2D eigenvalue weighted by atomic mass is 10.1. The van der Waals surface area contributed by atoms with Gasteiger partial charge in [0.1, 0.15) is 28.9 Å². The van der Waals surface area contributed by atoms with E-state index in [1.807, 2.05) is 0 Å². The van der Waals surface area contributed by atoms with Crippen molar-refractivity contribution in [2.75, 3.05) is 19.5 Å². The van der Waals surface area contributed by atoms with E-state index in [1.54, 1.807) is 42.5 Å². The molecule has 4 aromatic rings. The number of hydrogen-bond donors (Lipinski definition) is 3. The van der Waals surface area contributed by atoms with Crippen molar-refractivity contribution in [2.24, 2.45) is 0 Å². The molecule has 0 fully saturated rings. The molecule has 40 heavy (non-hydrogen) atoms. The zero-order valence-corrected chi connectivity index (χ0v) is 23.0. The SMILES string of the molecule is COc1ccc(CNS(=O)(=O)c2cc(NC(O)Cc3ccccc3Cl)ccc2-n2cnc(C(F)F)n2)c(OC)c1. The van der Waals surface area contributed by atoms with Crippen molar-refractivity contribution in [2.45, 2.75) is 30.5 Å². The highest BCUT2D eigenvalue weighted by molar-refractivity contribution is 7.89. The van der Waals surface area contributed by atoms with Gasteiger partial charge in [-0.3, -0.25) is 0 Å². The Balaban J connectivity index is 1.65. The first-order chi connectivity index (χ1) is 19.1. The minimum absolute atomic E-state index is 0.0280. The molecule has 14 heteroatoms. The summed E-state index contributed by atoms with van der Waals surface area (Å²) < 4.78 is 67.3. The van der Waals surface area contributed by atoms with E-state index in [2.05, 4.69) is 20.1 Å². The average molecular weight is 594 g/mol. The number of sulfonamides is 1. The van der Waals surface area contributed by atoms with Crippen molar-refractivity contribution in [3.8, 4) is 17.2 Å². The Kier molecular flexibility index (Phi) is 9.20. The van der Waals surface area contributed by atoms with E-state index >= 15 is 0 Å². The van der Waals surface area contributed by atoms with E-state index in [4.69, 9.17) is 21.1 Å². The van der Waals surface area contributed by atoms with Crippen LogP contribution >= 0.6 is 11.6 Å². The van der Waals surface area contributed by atoms with Crippen molar-refractivity contribution in [3.63, 3.8) is 0 Å². The standard InChI is InChI=1S/C26H26ClF2N5O5S/c1-38-19-9-7-17(22(13-19)39-2)14-31-40(36,37)23-12-18(32-24(35)11-16-5-3-4-6-20(16)27)8-10-21(23)34-15-30-26(33-34)25(28)29/h3-10,12-13,15,24-25,31-32,35H,11,14H2,1-2H3. The molecule has 0 aliphatic carbocycles. The van der Waals surface area contributed by atoms with Gasteiger partial charge < -0.3 is 19.9 Å². The van der Waals surface area contributed by atoms with Crippen LogP contribution in [0.3, 0.4) is 0 Å². The van der Waals surface area contributed by atoms with Crippen molar-refractivity contribution in [3.05, 3.63) is 89.0 Å². The number of aliphatic hydroxyl groups excluding tert-OH is 1. The van der Waals surface area contributed by atoms with Crippen LogP contribution < -0.4 is 19.5 Å². The Labute approximate surface area is 234 Å². The molecule has 0 aliphatic heterocycles. The van der Waals surface area contributed by atoms with Crippen LogP contribution in [-0.4, -0.2) is 48.7 Å². The fourth-order valence-corrected chi connectivity index (χ4v) is 5.30. The average Bonchev–Trinajstić information content (AvgIpc) is 3.44. The van der Waals surface area contributed by atoms with Gasteiger partial charge in [0.2, 0.25) is 15.8 Å². The molecule has 10 nitrogen and oxygen atoms in total. The van der Waals surface area contributed by atoms with Gasteiger partial charge in [-0.05, 0) is 35.9 Å². The minimum Gasteiger partial charge on any atom is -0.497 e. The number of rotatable bonds is 12. The van der Waals surface area contributed by atoms with Gasteiger partial charge in [0.15, 0.2) is 0 Å². The first-order valence-corrected chi connectivity index (χ1v) is 13.7. The molecule has 0 aliphatic rings. The molecule has 0 bridgehead atoms. The molecule has 212 valence electrons. The van der Waals surface area contributed by atoms with Gasteiger partial charge in [-0.1, -0.05) is 35.9 Å². The van der Waals surface area contributed by atoms with Crippen LogP contribution in [0.1, 0.15) is 23.4 Å². The number of aliphatic hydroxyl groups is 1. The molecule has 4 rings (SSSR count). The maximum atomic E-state index is 13.5. The zero-order valence-electron chi connectivity index (χ0n) is 21.4. The lowest BCUT2D eigenvalue weighted by molar-refractivity contribution is 0.140. The largest absolute Gasteiger partial charge is 0.497 e. The summed E-state index contributed by atoms with van der Waals surface area (Å²) in [5.74, 6) is 0.177. The van der Waals surface area contributed by atoms with Crippen LogP contribution in [-0.2, 0) is 23.0 Å². The minimum atomic E-state index is -4.27. The third-order valence-corrected chi connectivity index (χ3v) is 7.65. The van der Waals surface area contributed by atoms with E-state index in [0.717, 1.165) is 11.0 Å². The number of nitrogens with zero attached hydrogens (tertiary/aromatic N) is 3. The highest BCUT2D eigenvalue weighted by atomic mass is 35.5. The molecule has 3 N–H and O–H groups in total. The van der Waals surface area contributed by atoms with Crippen LogP contribution in [0.25, 0.3) is 5.69 Å². The van der Waals surface area contributed by atoms with Gasteiger partial charge in [-0.15, -0.1) is 5.10 Å². The second-order valence-corrected chi connectivity index (χ2v) is 10.6. The molecule has 1 aromatic heterocycles. The molecule has 0 saturated heterocycles. The highest BCUT2D eigenvalue weighted by Crippen LogP contribution is 2.28. The summed E-state index contributed by atoms with van der Waals surface area (Å²) in [7, 11) is -1.33. The summed E-state index contributed by atoms with van der Waals surface area (Å²) >= 11 is 6.18. The van der Waals surface area contributed by atoms with E-state index in [-0.39, 0.29) is 29.2 Å². The highest BCUT2D eigenvalue weighted by Gasteiger charge is 2.24. The summed E-state index contributed by atoms with van der Waals surface area (Å²) in [6.45, 7) is -0.151. The van der Waals surface area contributed by atoms with Crippen LogP contribution in [0, 0.1) is 0 Å². The van der Waals surface area contributed by atoms with Gasteiger partial charge >= 0.3 is 0 Å². The Morgan fingerprint density at radius 1 is 1.05 bits per heavy atom. The van der Waals surface area contributed by atoms with Gasteiger partial charge in [-0.2, -0.15) is 0 Å². The van der Waals surface area contributed by atoms with Gasteiger partial charge in [-0.25, -0.2) is 31.6 Å². The molecular formula is C26H26ClF2N5O5S. The fourth-order valence-electron chi connectivity index (χ4n) is 3.86. The van der Waals surface area contributed by atoms with Crippen LogP contribution in [0.4, 0.5) is 14.5 Å². The Hall–Kier alpha value is -3.78. The molecular weight excluding hydrogens is 568 g/mol. The molecule has 0 spiro atoms. The molecule has 1 heterocycles. The van der Waals surface area contributed by atoms with E-state index < -0.39 is 28.5 Å². The predicted molar refractivity (Wildman–Crippen MR) is 145 cm³/mol. The van der Waals surface area contributed by atoms with Crippen molar-refractivity contribution < 1.29 is 31.8 Å². The normalized spacial score (nSPS) is 12.4.